The van der Waals surface area contributed by atoms with Crippen LogP contribution >= 0.6 is 0 Å². The van der Waals surface area contributed by atoms with E-state index < -0.39 is 42.4 Å². The Hall–Kier alpha value is -2.45. The molecule has 0 aromatic heterocycles. The number of ether oxygens (including phenoxy) is 3. The zero-order valence-corrected chi connectivity index (χ0v) is 13.3. The number of carbonyl (C=O) groups excluding carboxylic acids is 3. The first-order valence-electron chi connectivity index (χ1n) is 7.38. The normalized spacial score (nSPS) is 26.3. The Labute approximate surface area is 138 Å². The van der Waals surface area contributed by atoms with E-state index in [9.17, 15) is 19.5 Å². The van der Waals surface area contributed by atoms with Crippen LogP contribution in [0.2, 0.25) is 0 Å². The van der Waals surface area contributed by atoms with E-state index in [-0.39, 0.29) is 6.61 Å². The summed E-state index contributed by atoms with van der Waals surface area (Å²) < 4.78 is 15.3. The highest BCUT2D eigenvalue weighted by Gasteiger charge is 2.44. The van der Waals surface area contributed by atoms with Crippen LogP contribution in [0, 0.1) is 0 Å². The van der Waals surface area contributed by atoms with Gasteiger partial charge in [0.2, 0.25) is 0 Å². The van der Waals surface area contributed by atoms with Gasteiger partial charge in [-0.3, -0.25) is 14.4 Å². The highest BCUT2D eigenvalue weighted by Crippen LogP contribution is 2.21. The number of carbonyl (C=O) groups is 3. The third-order valence-electron chi connectivity index (χ3n) is 3.41. The summed E-state index contributed by atoms with van der Waals surface area (Å²) in [4.78, 5) is 34.9. The third-order valence-corrected chi connectivity index (χ3v) is 3.41. The van der Waals surface area contributed by atoms with Crippen molar-refractivity contribution < 1.29 is 33.7 Å². The Bertz CT molecular complexity index is 604. The highest BCUT2D eigenvalue weighted by atomic mass is 16.6. The van der Waals surface area contributed by atoms with Crippen molar-refractivity contribution in [3.63, 3.8) is 0 Å². The van der Waals surface area contributed by atoms with E-state index in [1.54, 1.807) is 30.3 Å². The van der Waals surface area contributed by atoms with E-state index in [4.69, 9.17) is 14.2 Å². The molecule has 1 heterocycles. The Balaban J connectivity index is 2.19. The molecule has 2 N–H and O–H groups in total. The first-order chi connectivity index (χ1) is 11.4. The van der Waals surface area contributed by atoms with Gasteiger partial charge in [0.1, 0.15) is 6.04 Å². The highest BCUT2D eigenvalue weighted by molar-refractivity contribution is 5.94. The van der Waals surface area contributed by atoms with E-state index in [0.29, 0.717) is 5.56 Å². The van der Waals surface area contributed by atoms with Crippen LogP contribution in [0.3, 0.4) is 0 Å². The lowest BCUT2D eigenvalue weighted by Gasteiger charge is -2.39. The number of benzene rings is 1. The summed E-state index contributed by atoms with van der Waals surface area (Å²) in [6.45, 7) is 2.23. The monoisotopic (exact) mass is 337 g/mol. The minimum absolute atomic E-state index is 0.156. The summed E-state index contributed by atoms with van der Waals surface area (Å²) >= 11 is 0. The molecule has 0 saturated carbocycles. The largest absolute Gasteiger partial charge is 0.456 e. The molecular formula is C16H19NO7. The molecule has 0 aliphatic carbocycles. The van der Waals surface area contributed by atoms with Crippen LogP contribution in [0.15, 0.2) is 30.3 Å². The van der Waals surface area contributed by atoms with Gasteiger partial charge in [0.25, 0.3) is 5.91 Å². The Morgan fingerprint density at radius 2 is 1.75 bits per heavy atom. The quantitative estimate of drug-likeness (QED) is 0.744. The Kier molecular flexibility index (Phi) is 5.88. The molecule has 8 heteroatoms. The molecule has 130 valence electrons. The summed E-state index contributed by atoms with van der Waals surface area (Å²) in [6, 6.07) is 7.24. The predicted molar refractivity (Wildman–Crippen MR) is 80.8 cm³/mol. The fourth-order valence-corrected chi connectivity index (χ4v) is 2.42. The average molecular weight is 337 g/mol. The van der Waals surface area contributed by atoms with Gasteiger partial charge in [0.05, 0.1) is 6.61 Å². The van der Waals surface area contributed by atoms with Gasteiger partial charge in [-0.15, -0.1) is 0 Å². The van der Waals surface area contributed by atoms with Gasteiger partial charge in [-0.2, -0.15) is 0 Å². The minimum atomic E-state index is -1.41. The van der Waals surface area contributed by atoms with Crippen LogP contribution in [-0.2, 0) is 23.8 Å². The zero-order valence-electron chi connectivity index (χ0n) is 13.3. The van der Waals surface area contributed by atoms with E-state index in [1.807, 2.05) is 0 Å². The fourth-order valence-electron chi connectivity index (χ4n) is 2.42. The van der Waals surface area contributed by atoms with Gasteiger partial charge < -0.3 is 24.6 Å². The maximum atomic E-state index is 12.3. The van der Waals surface area contributed by atoms with E-state index >= 15 is 0 Å². The molecule has 1 aliphatic rings. The van der Waals surface area contributed by atoms with E-state index in [1.165, 1.54) is 13.8 Å². The molecule has 8 nitrogen and oxygen atoms in total. The van der Waals surface area contributed by atoms with E-state index in [2.05, 4.69) is 5.32 Å². The number of rotatable bonds is 4. The second-order valence-electron chi connectivity index (χ2n) is 5.31. The lowest BCUT2D eigenvalue weighted by molar-refractivity contribution is -0.228. The molecule has 4 atom stereocenters. The molecule has 1 saturated heterocycles. The standard InChI is InChI=1S/C16H19NO7/c1-9(18)23-12-8-22-16(21)13(14(12)24-10(2)19)17-15(20)11-6-4-3-5-7-11/h3-7,12-14,16,21H,8H2,1-2H3,(H,17,20)/t12-,13-,14+,16?/m1/s1. The molecule has 1 aromatic carbocycles. The molecule has 1 fully saturated rings. The number of hydrogen-bond donors (Lipinski definition) is 2. The number of esters is 2. The van der Waals surface area contributed by atoms with E-state index in [0.717, 1.165) is 0 Å². The molecule has 0 bridgehead atoms. The van der Waals surface area contributed by atoms with Gasteiger partial charge in [0, 0.05) is 19.4 Å². The van der Waals surface area contributed by atoms with Gasteiger partial charge in [-0.05, 0) is 12.1 Å². The SMILES string of the molecule is CC(=O)O[C@H]1[C@H](OC(C)=O)COC(O)[C@@H]1NC(=O)c1ccccc1. The Morgan fingerprint density at radius 1 is 1.12 bits per heavy atom. The number of amides is 1. The van der Waals surface area contributed by atoms with Crippen LogP contribution in [0.4, 0.5) is 0 Å². The van der Waals surface area contributed by atoms with Gasteiger partial charge >= 0.3 is 11.9 Å². The molecule has 0 radical (unpaired) electrons. The first-order valence-corrected chi connectivity index (χ1v) is 7.38. The second-order valence-corrected chi connectivity index (χ2v) is 5.31. The minimum Gasteiger partial charge on any atom is -0.456 e. The maximum Gasteiger partial charge on any atom is 0.303 e. The van der Waals surface area contributed by atoms with Gasteiger partial charge in [-0.25, -0.2) is 0 Å². The summed E-state index contributed by atoms with van der Waals surface area (Å²) in [5.74, 6) is -1.71. The number of hydrogen-bond acceptors (Lipinski definition) is 7. The lowest BCUT2D eigenvalue weighted by atomic mass is 10.0. The predicted octanol–water partition coefficient (Wildman–Crippen LogP) is -0.00300. The Morgan fingerprint density at radius 3 is 2.33 bits per heavy atom. The lowest BCUT2D eigenvalue weighted by Crippen LogP contribution is -2.62. The molecule has 1 aromatic rings. The van der Waals surface area contributed by atoms with Crippen LogP contribution in [-0.4, -0.2) is 54.1 Å². The number of aliphatic hydroxyl groups excluding tert-OH is 1. The smallest absolute Gasteiger partial charge is 0.303 e. The molecular weight excluding hydrogens is 318 g/mol. The van der Waals surface area contributed by atoms with Crippen LogP contribution in [0.25, 0.3) is 0 Å². The fraction of sp³-hybridized carbons (Fsp3) is 0.438. The van der Waals surface area contributed by atoms with Crippen molar-refractivity contribution >= 4 is 17.8 Å². The molecule has 24 heavy (non-hydrogen) atoms. The van der Waals surface area contributed by atoms with Crippen molar-refractivity contribution in [2.24, 2.45) is 0 Å². The maximum absolute atomic E-state index is 12.3. The first kappa shape index (κ1) is 17.9. The van der Waals surface area contributed by atoms with Crippen molar-refractivity contribution in [2.75, 3.05) is 6.61 Å². The van der Waals surface area contributed by atoms with Crippen LogP contribution < -0.4 is 5.32 Å². The second kappa shape index (κ2) is 7.89. The molecule has 1 amide bonds. The molecule has 0 spiro atoms. The van der Waals surface area contributed by atoms with Crippen molar-refractivity contribution in [3.8, 4) is 0 Å². The molecule has 1 aliphatic heterocycles. The average Bonchev–Trinajstić information content (AvgIpc) is 2.53. The summed E-state index contributed by atoms with van der Waals surface area (Å²) in [5.41, 5.74) is 0.362. The third kappa shape index (κ3) is 4.53. The zero-order chi connectivity index (χ0) is 17.7. The molecule has 2 rings (SSSR count). The van der Waals surface area contributed by atoms with Gasteiger partial charge in [0.15, 0.2) is 18.5 Å². The van der Waals surface area contributed by atoms with Crippen LogP contribution in [0.1, 0.15) is 24.2 Å². The summed E-state index contributed by atoms with van der Waals surface area (Å²) in [5, 5.41) is 12.6. The molecule has 1 unspecified atom stereocenters. The van der Waals surface area contributed by atoms with Crippen molar-refractivity contribution in [3.05, 3.63) is 35.9 Å². The summed E-state index contributed by atoms with van der Waals surface area (Å²) in [6.07, 6.45) is -3.41. The van der Waals surface area contributed by atoms with Crippen LogP contribution in [0.5, 0.6) is 0 Å². The number of aliphatic hydroxyl groups is 1. The summed E-state index contributed by atoms with van der Waals surface area (Å²) in [7, 11) is 0. The topological polar surface area (TPSA) is 111 Å². The van der Waals surface area contributed by atoms with Crippen molar-refractivity contribution in [1.82, 2.24) is 5.32 Å². The van der Waals surface area contributed by atoms with Crippen molar-refractivity contribution in [1.29, 1.82) is 0 Å². The van der Waals surface area contributed by atoms with Crippen molar-refractivity contribution in [2.45, 2.75) is 38.4 Å². The number of nitrogens with one attached hydrogen (secondary N) is 1. The van der Waals surface area contributed by atoms with Gasteiger partial charge in [-0.1, -0.05) is 18.2 Å².